The number of hydrogen-bond donors (Lipinski definition) is 0. The summed E-state index contributed by atoms with van der Waals surface area (Å²) in [6.45, 7) is 0. The largest absolute Gasteiger partial charge is 0.309 e. The Morgan fingerprint density at radius 2 is 0.562 bits per heavy atom. The van der Waals surface area contributed by atoms with Crippen molar-refractivity contribution in [2.24, 2.45) is 0 Å². The van der Waals surface area contributed by atoms with Crippen LogP contribution in [0.4, 0.5) is 0 Å². The molecule has 0 bridgehead atoms. The van der Waals surface area contributed by atoms with Gasteiger partial charge in [0.25, 0.3) is 0 Å². The van der Waals surface area contributed by atoms with E-state index in [1.807, 2.05) is 0 Å². The minimum Gasteiger partial charge on any atom is -0.309 e. The topological polar surface area (TPSA) is 18.7 Å². The van der Waals surface area contributed by atoms with Gasteiger partial charge in [0.15, 0.2) is 0 Å². The van der Waals surface area contributed by atoms with Crippen molar-refractivity contribution in [1.82, 2.24) is 17.9 Å². The highest BCUT2D eigenvalue weighted by molar-refractivity contribution is 6.29. The number of nitrogens with zero attached hydrogens (tertiary/aromatic N) is 4. The zero-order valence-electron chi connectivity index (χ0n) is 34.6. The normalized spacial score (nSPS) is 12.4. The highest BCUT2D eigenvalue weighted by Crippen LogP contribution is 2.49. The third kappa shape index (κ3) is 4.27. The van der Waals surface area contributed by atoms with Crippen molar-refractivity contribution in [2.75, 3.05) is 0 Å². The fourth-order valence-corrected chi connectivity index (χ4v) is 11.6. The fraction of sp³-hybridized carbons (Fsp3) is 0. The lowest BCUT2D eigenvalue weighted by Crippen LogP contribution is -1.99. The van der Waals surface area contributed by atoms with Gasteiger partial charge < -0.3 is 17.9 Å². The van der Waals surface area contributed by atoms with Crippen LogP contribution in [0.1, 0.15) is 0 Å². The molecule has 0 fully saturated rings. The lowest BCUT2D eigenvalue weighted by Gasteiger charge is -2.16. The summed E-state index contributed by atoms with van der Waals surface area (Å²) >= 11 is 0. The molecule has 0 unspecified atom stereocenters. The maximum Gasteiger partial charge on any atom is 0.0789 e. The van der Waals surface area contributed by atoms with Crippen LogP contribution in [0.15, 0.2) is 218 Å². The Labute approximate surface area is 366 Å². The van der Waals surface area contributed by atoms with Crippen LogP contribution < -0.4 is 0 Å². The van der Waals surface area contributed by atoms with E-state index < -0.39 is 0 Å². The van der Waals surface area contributed by atoms with Crippen molar-refractivity contribution in [1.29, 1.82) is 0 Å². The van der Waals surface area contributed by atoms with Gasteiger partial charge in [-0.25, -0.2) is 0 Å². The van der Waals surface area contributed by atoms with Gasteiger partial charge in [-0.05, 0) is 71.8 Å². The molecule has 0 saturated heterocycles. The van der Waals surface area contributed by atoms with E-state index in [0.717, 1.165) is 11.4 Å². The summed E-state index contributed by atoms with van der Waals surface area (Å²) in [5.74, 6) is 0. The van der Waals surface area contributed by atoms with Crippen LogP contribution in [-0.2, 0) is 0 Å². The Balaban J connectivity index is 1.10. The predicted molar refractivity (Wildman–Crippen MR) is 269 cm³/mol. The van der Waals surface area contributed by atoms with Gasteiger partial charge in [0, 0.05) is 65.6 Å². The lowest BCUT2D eigenvalue weighted by atomic mass is 9.96. The van der Waals surface area contributed by atoms with Gasteiger partial charge >= 0.3 is 0 Å². The maximum absolute atomic E-state index is 2.56. The molecule has 0 amide bonds. The summed E-state index contributed by atoms with van der Waals surface area (Å²) in [5, 5.41) is 10.0. The van der Waals surface area contributed by atoms with Gasteiger partial charge in [-0.1, -0.05) is 158 Å². The average Bonchev–Trinajstić information content (AvgIpc) is 4.10. The first-order chi connectivity index (χ1) is 31.8. The molecule has 5 aromatic heterocycles. The quantitative estimate of drug-likeness (QED) is 0.158. The molecule has 0 N–H and O–H groups in total. The minimum absolute atomic E-state index is 1.16. The van der Waals surface area contributed by atoms with E-state index >= 15 is 0 Å². The number of para-hydroxylation sites is 8. The molecule has 10 aromatic carbocycles. The van der Waals surface area contributed by atoms with Crippen LogP contribution in [0.2, 0.25) is 0 Å². The molecule has 0 atom stereocenters. The molecule has 5 heterocycles. The van der Waals surface area contributed by atoms with E-state index in [9.17, 15) is 0 Å². The van der Waals surface area contributed by atoms with E-state index in [-0.39, 0.29) is 0 Å². The van der Waals surface area contributed by atoms with Crippen LogP contribution in [0.3, 0.4) is 0 Å². The first kappa shape index (κ1) is 34.0. The standard InChI is InChI=1S/C60H36N4/c1-3-17-37(18-4-1)61-49-29-11-7-21-39(49)43-25-15-27-45(57(43)61)41-33-35-53-59-55(41)47-23-9-13-31-51(47)63(59)54-36-34-42(56-48-24-10-14-32-52(48)64(53)60(54)56)46-28-16-26-44-40-22-8-12-30-50(40)62(58(44)46)38-19-5-2-6-20-38/h1-36H. The Hall–Kier alpha value is -8.60. The Morgan fingerprint density at radius 3 is 1.00 bits per heavy atom. The molecule has 4 heteroatoms. The van der Waals surface area contributed by atoms with E-state index in [1.54, 1.807) is 0 Å². The van der Waals surface area contributed by atoms with Crippen molar-refractivity contribution in [3.05, 3.63) is 218 Å². The summed E-state index contributed by atoms with van der Waals surface area (Å²) in [5.41, 5.74) is 19.3. The van der Waals surface area contributed by atoms with Gasteiger partial charge in [-0.2, -0.15) is 0 Å². The molecule has 0 radical (unpaired) electrons. The smallest absolute Gasteiger partial charge is 0.0789 e. The van der Waals surface area contributed by atoms with Gasteiger partial charge in [0.1, 0.15) is 0 Å². The second-order valence-corrected chi connectivity index (χ2v) is 17.2. The van der Waals surface area contributed by atoms with E-state index in [4.69, 9.17) is 0 Å². The first-order valence-electron chi connectivity index (χ1n) is 22.1. The average molecular weight is 813 g/mol. The molecule has 64 heavy (non-hydrogen) atoms. The Bertz CT molecular complexity index is 4120. The van der Waals surface area contributed by atoms with Crippen molar-refractivity contribution in [2.45, 2.75) is 0 Å². The molecule has 0 aliphatic rings. The van der Waals surface area contributed by atoms with E-state index in [0.29, 0.717) is 0 Å². The zero-order chi connectivity index (χ0) is 41.6. The molecule has 15 rings (SSSR count). The summed E-state index contributed by atoms with van der Waals surface area (Å²) in [6.07, 6.45) is 0. The number of benzene rings is 10. The molecule has 296 valence electrons. The number of fused-ring (bicyclic) bond motifs is 14. The highest BCUT2D eigenvalue weighted by Gasteiger charge is 2.27. The molecule has 0 aliphatic carbocycles. The molecule has 0 spiro atoms. The Morgan fingerprint density at radius 1 is 0.203 bits per heavy atom. The SMILES string of the molecule is c1ccc(-n2c3ccccc3c3cccc(-c4ccc5c6c4c4ccccc4n6c4ccc(-c6cccc7c8ccccc8n(-c8ccccc8)c67)c6c7ccccc7n5c64)c32)cc1. The summed E-state index contributed by atoms with van der Waals surface area (Å²) in [6, 6.07) is 80.6. The van der Waals surface area contributed by atoms with Gasteiger partial charge in [-0.15, -0.1) is 0 Å². The van der Waals surface area contributed by atoms with Crippen LogP contribution in [0.25, 0.3) is 132 Å². The maximum atomic E-state index is 2.56. The van der Waals surface area contributed by atoms with Gasteiger partial charge in [0.2, 0.25) is 0 Å². The van der Waals surface area contributed by atoms with Crippen molar-refractivity contribution >= 4 is 98.3 Å². The van der Waals surface area contributed by atoms with E-state index in [2.05, 4.69) is 236 Å². The van der Waals surface area contributed by atoms with Crippen LogP contribution in [0, 0.1) is 0 Å². The zero-order valence-corrected chi connectivity index (χ0v) is 34.6. The minimum atomic E-state index is 1.16. The monoisotopic (exact) mass is 812 g/mol. The van der Waals surface area contributed by atoms with Crippen molar-refractivity contribution in [3.8, 4) is 33.6 Å². The van der Waals surface area contributed by atoms with Crippen LogP contribution in [-0.4, -0.2) is 17.9 Å². The second kappa shape index (κ2) is 12.5. The third-order valence-corrected chi connectivity index (χ3v) is 14.1. The number of hydrogen-bond acceptors (Lipinski definition) is 0. The first-order valence-corrected chi connectivity index (χ1v) is 22.1. The molecule has 4 nitrogen and oxygen atoms in total. The van der Waals surface area contributed by atoms with Gasteiger partial charge in [-0.3, -0.25) is 0 Å². The number of aromatic nitrogens is 4. The summed E-state index contributed by atoms with van der Waals surface area (Å²) < 4.78 is 10.0. The third-order valence-electron chi connectivity index (χ3n) is 14.1. The van der Waals surface area contributed by atoms with E-state index in [1.165, 1.54) is 121 Å². The summed E-state index contributed by atoms with van der Waals surface area (Å²) in [7, 11) is 0. The summed E-state index contributed by atoms with van der Waals surface area (Å²) in [4.78, 5) is 0. The molecular weight excluding hydrogens is 777 g/mol. The van der Waals surface area contributed by atoms with Crippen molar-refractivity contribution < 1.29 is 0 Å². The Kier molecular flexibility index (Phi) is 6.65. The van der Waals surface area contributed by atoms with Gasteiger partial charge in [0.05, 0.1) is 55.2 Å². The predicted octanol–water partition coefficient (Wildman–Crippen LogP) is 15.8. The molecular formula is C60H36N4. The fourth-order valence-electron chi connectivity index (χ4n) is 11.6. The van der Waals surface area contributed by atoms with Crippen molar-refractivity contribution in [3.63, 3.8) is 0 Å². The molecule has 0 aliphatic heterocycles. The van der Waals surface area contributed by atoms with Crippen LogP contribution >= 0.6 is 0 Å². The molecule has 15 aromatic rings. The van der Waals surface area contributed by atoms with Crippen LogP contribution in [0.5, 0.6) is 0 Å². The molecule has 0 saturated carbocycles. The number of rotatable bonds is 4. The lowest BCUT2D eigenvalue weighted by molar-refractivity contribution is 1.18. The second-order valence-electron chi connectivity index (χ2n) is 17.2. The highest BCUT2D eigenvalue weighted by atomic mass is 15.0.